The Morgan fingerprint density at radius 1 is 1.08 bits per heavy atom. The minimum Gasteiger partial charge on any atom is -0.272 e. The predicted octanol–water partition coefficient (Wildman–Crippen LogP) is 3.90. The predicted molar refractivity (Wildman–Crippen MR) is 105 cm³/mol. The highest BCUT2D eigenvalue weighted by atomic mass is 79.9. The molecule has 1 unspecified atom stereocenters. The van der Waals surface area contributed by atoms with Gasteiger partial charge in [-0.05, 0) is 24.1 Å². The van der Waals surface area contributed by atoms with E-state index in [1.807, 2.05) is 54.6 Å². The summed E-state index contributed by atoms with van der Waals surface area (Å²) in [5.74, 6) is 0. The summed E-state index contributed by atoms with van der Waals surface area (Å²) >= 11 is 3.57. The molecule has 0 fully saturated rings. The summed E-state index contributed by atoms with van der Waals surface area (Å²) in [5, 5.41) is 4.09. The highest BCUT2D eigenvalue weighted by molar-refractivity contribution is 9.10. The molecule has 0 aliphatic carbocycles. The van der Waals surface area contributed by atoms with Gasteiger partial charge in [0.15, 0.2) is 0 Å². The first-order valence-electron chi connectivity index (χ1n) is 8.10. The third-order valence-corrected chi connectivity index (χ3v) is 7.17. The fourth-order valence-corrected chi connectivity index (χ4v) is 4.95. The number of hydrogen-bond donors (Lipinski definition) is 0. The van der Waals surface area contributed by atoms with Crippen LogP contribution in [0.5, 0.6) is 0 Å². The van der Waals surface area contributed by atoms with Crippen LogP contribution < -0.4 is 0 Å². The molecule has 0 spiro atoms. The molecule has 0 saturated carbocycles. The molecule has 1 atom stereocenters. The van der Waals surface area contributed by atoms with E-state index in [0.29, 0.717) is 5.69 Å². The molecule has 0 bridgehead atoms. The van der Waals surface area contributed by atoms with Crippen molar-refractivity contribution in [3.8, 4) is 0 Å². The Labute approximate surface area is 162 Å². The van der Waals surface area contributed by atoms with Crippen molar-refractivity contribution in [2.75, 3.05) is 7.05 Å². The largest absolute Gasteiger partial charge is 0.272 e. The Balaban J connectivity index is 2.16. The molecule has 0 aliphatic heterocycles. The van der Waals surface area contributed by atoms with Crippen LogP contribution in [0.4, 0.5) is 0 Å². The summed E-state index contributed by atoms with van der Waals surface area (Å²) in [4.78, 5) is 0.218. The molecule has 1 heterocycles. The van der Waals surface area contributed by atoms with E-state index < -0.39 is 16.1 Å². The molecule has 5 nitrogen and oxygen atoms in total. The summed E-state index contributed by atoms with van der Waals surface area (Å²) < 4.78 is 30.5. The van der Waals surface area contributed by atoms with Crippen molar-refractivity contribution in [1.82, 2.24) is 14.1 Å². The van der Waals surface area contributed by atoms with Crippen LogP contribution in [-0.2, 0) is 17.1 Å². The lowest BCUT2D eigenvalue weighted by Gasteiger charge is -2.29. The number of halogens is 1. The molecule has 0 amide bonds. The van der Waals surface area contributed by atoms with E-state index in [1.54, 1.807) is 25.7 Å². The first-order valence-corrected chi connectivity index (χ1v) is 10.3. The monoisotopic (exact) mass is 433 g/mol. The number of sulfonamides is 1. The van der Waals surface area contributed by atoms with Crippen LogP contribution in [0.2, 0.25) is 0 Å². The highest BCUT2D eigenvalue weighted by Gasteiger charge is 2.33. The second-order valence-corrected chi connectivity index (χ2v) is 8.89. The van der Waals surface area contributed by atoms with Gasteiger partial charge in [-0.3, -0.25) is 4.68 Å². The van der Waals surface area contributed by atoms with Crippen LogP contribution in [-0.4, -0.2) is 29.6 Å². The Bertz CT molecular complexity index is 1020. The smallest absolute Gasteiger partial charge is 0.247 e. The van der Waals surface area contributed by atoms with Gasteiger partial charge in [0.25, 0.3) is 0 Å². The minimum absolute atomic E-state index is 0.218. The van der Waals surface area contributed by atoms with Crippen molar-refractivity contribution in [3.05, 3.63) is 82.1 Å². The lowest BCUT2D eigenvalue weighted by Crippen LogP contribution is -2.32. The van der Waals surface area contributed by atoms with Gasteiger partial charge >= 0.3 is 0 Å². The van der Waals surface area contributed by atoms with E-state index in [0.717, 1.165) is 15.6 Å². The van der Waals surface area contributed by atoms with Crippen LogP contribution in [0, 0.1) is 6.92 Å². The van der Waals surface area contributed by atoms with Gasteiger partial charge < -0.3 is 0 Å². The molecule has 3 rings (SSSR count). The quantitative estimate of drug-likeness (QED) is 0.612. The number of benzene rings is 2. The Morgan fingerprint density at radius 2 is 1.69 bits per heavy atom. The van der Waals surface area contributed by atoms with Gasteiger partial charge in [-0.1, -0.05) is 64.5 Å². The second-order valence-electron chi connectivity index (χ2n) is 6.07. The fraction of sp³-hybridized carbons (Fsp3) is 0.211. The van der Waals surface area contributed by atoms with Gasteiger partial charge in [0, 0.05) is 18.6 Å². The van der Waals surface area contributed by atoms with Crippen molar-refractivity contribution in [1.29, 1.82) is 0 Å². The molecule has 0 saturated heterocycles. The van der Waals surface area contributed by atoms with Gasteiger partial charge in [0.2, 0.25) is 10.0 Å². The molecule has 1 aromatic heterocycles. The Morgan fingerprint density at radius 3 is 2.27 bits per heavy atom. The average Bonchev–Trinajstić information content (AvgIpc) is 2.97. The van der Waals surface area contributed by atoms with Gasteiger partial charge in [0.1, 0.15) is 4.90 Å². The first-order chi connectivity index (χ1) is 12.3. The van der Waals surface area contributed by atoms with Crippen LogP contribution in [0.1, 0.15) is 22.9 Å². The van der Waals surface area contributed by atoms with E-state index in [9.17, 15) is 8.42 Å². The van der Waals surface area contributed by atoms with E-state index >= 15 is 0 Å². The topological polar surface area (TPSA) is 55.2 Å². The molecule has 0 radical (unpaired) electrons. The third kappa shape index (κ3) is 3.34. The lowest BCUT2D eigenvalue weighted by atomic mass is 9.99. The molecular formula is C19H20BrN3O2S. The normalized spacial score (nSPS) is 13.1. The summed E-state index contributed by atoms with van der Waals surface area (Å²) in [7, 11) is -0.389. The molecule has 3 aromatic rings. The van der Waals surface area contributed by atoms with Gasteiger partial charge in [-0.15, -0.1) is 0 Å². The van der Waals surface area contributed by atoms with Gasteiger partial charge in [-0.25, -0.2) is 8.42 Å². The Kier molecular flexibility index (Phi) is 5.32. The van der Waals surface area contributed by atoms with Crippen molar-refractivity contribution >= 4 is 26.0 Å². The SMILES string of the molecule is Cc1c(S(=O)(=O)N(C)C(c2ccccc2)c2ccccc2Br)cnn1C. The standard InChI is InChI=1S/C19H20BrN3O2S/c1-14-18(13-21-22(14)2)26(24,25)23(3)19(15-9-5-4-6-10-15)16-11-7-8-12-17(16)20/h4-13,19H,1-3H3. The maximum atomic E-state index is 13.3. The van der Waals surface area contributed by atoms with Crippen molar-refractivity contribution in [2.24, 2.45) is 7.05 Å². The first kappa shape index (κ1) is 18.8. The average molecular weight is 434 g/mol. The van der Waals surface area contributed by atoms with Crippen LogP contribution >= 0.6 is 15.9 Å². The Hall–Kier alpha value is -1.96. The van der Waals surface area contributed by atoms with Gasteiger partial charge in [0.05, 0.1) is 17.9 Å². The minimum atomic E-state index is -3.73. The molecule has 0 N–H and O–H groups in total. The zero-order valence-corrected chi connectivity index (χ0v) is 17.2. The fourth-order valence-electron chi connectivity index (χ4n) is 2.94. The number of nitrogens with zero attached hydrogens (tertiary/aromatic N) is 3. The van der Waals surface area contributed by atoms with E-state index in [2.05, 4.69) is 21.0 Å². The molecular weight excluding hydrogens is 414 g/mol. The maximum Gasteiger partial charge on any atom is 0.247 e. The van der Waals surface area contributed by atoms with E-state index in [-0.39, 0.29) is 4.90 Å². The summed E-state index contributed by atoms with van der Waals surface area (Å²) in [5.41, 5.74) is 2.38. The molecule has 2 aromatic carbocycles. The lowest BCUT2D eigenvalue weighted by molar-refractivity contribution is 0.416. The number of aromatic nitrogens is 2. The van der Waals surface area contributed by atoms with Crippen LogP contribution in [0.15, 0.2) is 70.2 Å². The third-order valence-electron chi connectivity index (χ3n) is 4.53. The summed E-state index contributed by atoms with van der Waals surface area (Å²) in [6, 6.07) is 16.8. The van der Waals surface area contributed by atoms with E-state index in [1.165, 1.54) is 10.5 Å². The van der Waals surface area contributed by atoms with Crippen molar-refractivity contribution in [2.45, 2.75) is 17.9 Å². The number of rotatable bonds is 5. The molecule has 136 valence electrons. The number of hydrogen-bond acceptors (Lipinski definition) is 3. The second kappa shape index (κ2) is 7.34. The van der Waals surface area contributed by atoms with Crippen LogP contribution in [0.25, 0.3) is 0 Å². The highest BCUT2D eigenvalue weighted by Crippen LogP contribution is 2.36. The summed E-state index contributed by atoms with van der Waals surface area (Å²) in [6.07, 6.45) is 1.41. The van der Waals surface area contributed by atoms with Gasteiger partial charge in [-0.2, -0.15) is 9.40 Å². The molecule has 0 aliphatic rings. The van der Waals surface area contributed by atoms with Crippen LogP contribution in [0.3, 0.4) is 0 Å². The van der Waals surface area contributed by atoms with E-state index in [4.69, 9.17) is 0 Å². The van der Waals surface area contributed by atoms with Crippen molar-refractivity contribution in [3.63, 3.8) is 0 Å². The number of aryl methyl sites for hydroxylation is 1. The molecule has 7 heteroatoms. The molecule has 26 heavy (non-hydrogen) atoms. The zero-order chi connectivity index (χ0) is 18.9. The summed E-state index contributed by atoms with van der Waals surface area (Å²) in [6.45, 7) is 1.75. The van der Waals surface area contributed by atoms with Crippen molar-refractivity contribution < 1.29 is 8.42 Å². The zero-order valence-electron chi connectivity index (χ0n) is 14.8. The maximum absolute atomic E-state index is 13.3.